The second kappa shape index (κ2) is 11.3. The number of nitrogens with zero attached hydrogens (tertiary/aromatic N) is 3. The largest absolute Gasteiger partial charge is 0.493 e. The molecule has 0 spiro atoms. The van der Waals surface area contributed by atoms with Gasteiger partial charge in [-0.25, -0.2) is 14.8 Å². The zero-order valence-corrected chi connectivity index (χ0v) is 24.0. The molecular weight excluding hydrogens is 622 g/mol. The first-order valence-electron chi connectivity index (χ1n) is 13.1. The van der Waals surface area contributed by atoms with Crippen molar-refractivity contribution in [2.24, 2.45) is 5.92 Å². The van der Waals surface area contributed by atoms with E-state index in [4.69, 9.17) is 14.3 Å². The normalized spacial score (nSPS) is 19.3. The third kappa shape index (κ3) is 5.11. The van der Waals surface area contributed by atoms with Crippen molar-refractivity contribution in [3.05, 3.63) is 123 Å². The van der Waals surface area contributed by atoms with Crippen LogP contribution in [0.2, 0.25) is 0 Å². The summed E-state index contributed by atoms with van der Waals surface area (Å²) < 4.78 is 11.9. The topological polar surface area (TPSA) is 129 Å². The molecule has 43 heavy (non-hydrogen) atoms. The number of benzene rings is 4. The molecule has 11 nitrogen and oxygen atoms in total. The molecule has 2 heterocycles. The fourth-order valence-electron chi connectivity index (χ4n) is 5.25. The number of nitro groups is 1. The van der Waals surface area contributed by atoms with Crippen LogP contribution < -0.4 is 19.4 Å². The Labute approximate surface area is 253 Å². The number of ether oxygens (including phenoxy) is 2. The minimum absolute atomic E-state index is 0.141. The average molecular weight is 644 g/mol. The van der Waals surface area contributed by atoms with Crippen LogP contribution in [-0.4, -0.2) is 35.9 Å². The first-order valence-corrected chi connectivity index (χ1v) is 13.8. The number of methoxy groups -OCH3 is 1. The summed E-state index contributed by atoms with van der Waals surface area (Å²) in [6, 6.07) is 24.8. The third-order valence-electron chi connectivity index (χ3n) is 7.24. The quantitative estimate of drug-likeness (QED) is 0.0826. The van der Waals surface area contributed by atoms with Crippen LogP contribution in [-0.2, 0) is 14.4 Å². The molecule has 3 atom stereocenters. The van der Waals surface area contributed by atoms with Gasteiger partial charge < -0.3 is 9.47 Å². The average Bonchev–Trinajstić information content (AvgIpc) is 3.53. The zero-order valence-electron chi connectivity index (χ0n) is 22.5. The molecule has 0 aromatic heterocycles. The molecule has 2 amide bonds. The number of imide groups is 1. The van der Waals surface area contributed by atoms with Crippen molar-refractivity contribution in [2.45, 2.75) is 12.1 Å². The van der Waals surface area contributed by atoms with Crippen molar-refractivity contribution < 1.29 is 33.6 Å². The summed E-state index contributed by atoms with van der Waals surface area (Å²) in [5, 5.41) is 12.9. The summed E-state index contributed by atoms with van der Waals surface area (Å²) in [7, 11) is 1.41. The summed E-state index contributed by atoms with van der Waals surface area (Å²) in [6.45, 7) is 0. The molecule has 0 aliphatic carbocycles. The van der Waals surface area contributed by atoms with E-state index < -0.39 is 40.8 Å². The van der Waals surface area contributed by atoms with E-state index >= 15 is 0 Å². The Bertz CT molecular complexity index is 1750. The molecule has 12 heteroatoms. The highest BCUT2D eigenvalue weighted by Gasteiger charge is 2.60. The second-order valence-corrected chi connectivity index (χ2v) is 10.7. The minimum atomic E-state index is -1.19. The number of halogens is 1. The maximum Gasteiger partial charge on any atom is 0.343 e. The van der Waals surface area contributed by atoms with Gasteiger partial charge in [0.1, 0.15) is 5.92 Å². The highest BCUT2D eigenvalue weighted by Crippen LogP contribution is 2.49. The van der Waals surface area contributed by atoms with E-state index in [9.17, 15) is 24.5 Å². The number of carbonyl (C=O) groups excluding carboxylic acids is 3. The van der Waals surface area contributed by atoms with Crippen LogP contribution in [0.15, 0.2) is 102 Å². The molecule has 2 fully saturated rings. The fraction of sp³-hybridized carbons (Fsp3) is 0.129. The predicted molar refractivity (Wildman–Crippen MR) is 158 cm³/mol. The first-order chi connectivity index (χ1) is 20.8. The van der Waals surface area contributed by atoms with Crippen molar-refractivity contribution in [2.75, 3.05) is 17.1 Å². The molecule has 0 saturated carbocycles. The van der Waals surface area contributed by atoms with E-state index in [1.54, 1.807) is 72.8 Å². The van der Waals surface area contributed by atoms with Gasteiger partial charge in [-0.05, 0) is 60.2 Å². The standard InChI is InChI=1S/C31H22BrN3O8/c1-41-25-16-19(10-15-24(25)42-31(38)18-6-3-2-4-7-18)27-26-28(43-34(27)22-8-5-9-23(17-22)35(39)40)30(37)33(29(26)36)21-13-11-20(32)12-14-21/h2-17,26-28H,1H3/t26-,27+,28+/m0/s1. The lowest BCUT2D eigenvalue weighted by molar-refractivity contribution is -0.384. The summed E-state index contributed by atoms with van der Waals surface area (Å²) in [4.78, 5) is 58.4. The molecule has 4 aromatic carbocycles. The number of carbonyl (C=O) groups is 3. The van der Waals surface area contributed by atoms with E-state index in [-0.39, 0.29) is 22.9 Å². The van der Waals surface area contributed by atoms with Gasteiger partial charge in [-0.15, -0.1) is 0 Å². The number of nitro benzene ring substituents is 1. The fourth-order valence-corrected chi connectivity index (χ4v) is 5.52. The highest BCUT2D eigenvalue weighted by atomic mass is 79.9. The molecule has 2 aliphatic heterocycles. The van der Waals surface area contributed by atoms with Crippen LogP contribution in [0.25, 0.3) is 0 Å². The molecular formula is C31H22BrN3O8. The van der Waals surface area contributed by atoms with Gasteiger partial charge in [0, 0.05) is 16.6 Å². The number of non-ortho nitro benzene ring substituents is 1. The molecule has 2 saturated heterocycles. The lowest BCUT2D eigenvalue weighted by Crippen LogP contribution is -2.37. The molecule has 0 radical (unpaired) electrons. The van der Waals surface area contributed by atoms with Crippen LogP contribution in [0.4, 0.5) is 17.1 Å². The van der Waals surface area contributed by atoms with Gasteiger partial charge in [0.15, 0.2) is 17.6 Å². The number of anilines is 2. The Kier molecular flexibility index (Phi) is 7.38. The number of fused-ring (bicyclic) bond motifs is 1. The van der Waals surface area contributed by atoms with Gasteiger partial charge in [0.2, 0.25) is 5.91 Å². The molecule has 4 aromatic rings. The number of esters is 1. The molecule has 6 rings (SSSR count). The van der Waals surface area contributed by atoms with E-state index in [0.717, 1.165) is 9.37 Å². The van der Waals surface area contributed by atoms with Crippen molar-refractivity contribution in [1.82, 2.24) is 0 Å². The van der Waals surface area contributed by atoms with Gasteiger partial charge in [-0.1, -0.05) is 46.3 Å². The Morgan fingerprint density at radius 3 is 2.33 bits per heavy atom. The van der Waals surface area contributed by atoms with E-state index in [1.165, 1.54) is 36.4 Å². The molecule has 216 valence electrons. The number of amides is 2. The summed E-state index contributed by atoms with van der Waals surface area (Å²) in [6.07, 6.45) is -1.19. The Balaban J connectivity index is 1.40. The van der Waals surface area contributed by atoms with Gasteiger partial charge in [0.05, 0.1) is 35.0 Å². The molecule has 0 bridgehead atoms. The summed E-state index contributed by atoms with van der Waals surface area (Å²) >= 11 is 3.36. The van der Waals surface area contributed by atoms with Crippen LogP contribution in [0, 0.1) is 16.0 Å². The van der Waals surface area contributed by atoms with Gasteiger partial charge in [-0.2, -0.15) is 0 Å². The van der Waals surface area contributed by atoms with Crippen molar-refractivity contribution in [1.29, 1.82) is 0 Å². The lowest BCUT2D eigenvalue weighted by atomic mass is 9.90. The van der Waals surface area contributed by atoms with Gasteiger partial charge in [-0.3, -0.25) is 24.5 Å². The predicted octanol–water partition coefficient (Wildman–Crippen LogP) is 5.64. The smallest absolute Gasteiger partial charge is 0.343 e. The van der Waals surface area contributed by atoms with Gasteiger partial charge in [0.25, 0.3) is 11.6 Å². The molecule has 2 aliphatic rings. The van der Waals surface area contributed by atoms with Crippen LogP contribution in [0.1, 0.15) is 22.0 Å². The number of hydrogen-bond acceptors (Lipinski definition) is 9. The Morgan fingerprint density at radius 1 is 0.884 bits per heavy atom. The van der Waals surface area contributed by atoms with Crippen molar-refractivity contribution in [3.63, 3.8) is 0 Å². The summed E-state index contributed by atoms with van der Waals surface area (Å²) in [5.41, 5.74) is 1.32. The first kappa shape index (κ1) is 28.1. The van der Waals surface area contributed by atoms with Crippen LogP contribution in [0.3, 0.4) is 0 Å². The molecule has 0 unspecified atom stereocenters. The third-order valence-corrected chi connectivity index (χ3v) is 7.77. The van der Waals surface area contributed by atoms with E-state index in [1.807, 2.05) is 0 Å². The van der Waals surface area contributed by atoms with Crippen molar-refractivity contribution in [3.8, 4) is 11.5 Å². The minimum Gasteiger partial charge on any atom is -0.493 e. The van der Waals surface area contributed by atoms with Crippen LogP contribution in [0.5, 0.6) is 11.5 Å². The number of hydroxylamine groups is 1. The van der Waals surface area contributed by atoms with E-state index in [2.05, 4.69) is 15.9 Å². The maximum atomic E-state index is 13.9. The Morgan fingerprint density at radius 2 is 1.63 bits per heavy atom. The highest BCUT2D eigenvalue weighted by molar-refractivity contribution is 9.10. The van der Waals surface area contributed by atoms with Gasteiger partial charge >= 0.3 is 5.97 Å². The number of rotatable bonds is 7. The van der Waals surface area contributed by atoms with E-state index in [0.29, 0.717) is 16.8 Å². The zero-order chi connectivity index (χ0) is 30.2. The van der Waals surface area contributed by atoms with Crippen molar-refractivity contribution >= 4 is 50.8 Å². The second-order valence-electron chi connectivity index (χ2n) is 9.75. The Hall–Kier alpha value is -5.07. The SMILES string of the molecule is COc1cc([C@@H]2[C@@H]3C(=O)N(c4ccc(Br)cc4)C(=O)[C@@H]3ON2c2cccc([N+](=O)[O-])c2)ccc1OC(=O)c1ccccc1. The monoisotopic (exact) mass is 643 g/mol. The van der Waals surface area contributed by atoms with Crippen LogP contribution >= 0.6 is 15.9 Å². The number of hydrogen-bond donors (Lipinski definition) is 0. The molecule has 0 N–H and O–H groups in total. The lowest BCUT2D eigenvalue weighted by Gasteiger charge is -2.29. The maximum absolute atomic E-state index is 13.9. The summed E-state index contributed by atoms with van der Waals surface area (Å²) in [5.74, 6) is -2.30.